The highest BCUT2D eigenvalue weighted by Gasteiger charge is 2.47. The predicted octanol–water partition coefficient (Wildman–Crippen LogP) is 6.08. The zero-order chi connectivity index (χ0) is 22.0. The molecule has 0 spiro atoms. The van der Waals surface area contributed by atoms with Crippen LogP contribution in [-0.4, -0.2) is 33.3 Å². The summed E-state index contributed by atoms with van der Waals surface area (Å²) in [5, 5.41) is 1.98. The van der Waals surface area contributed by atoms with E-state index in [1.165, 1.54) is 11.3 Å². The van der Waals surface area contributed by atoms with Gasteiger partial charge in [0.1, 0.15) is 11.9 Å². The standard InChI is InChI=1S/C19H26F3NO4SSi/c1-18(2,3)29(4,5)27-16(19(20,21)22)8-9-25-12-6-7-13-14(26-17(23)24)11-28-15(13)10-12/h6-7,10-11,16H,8-9H2,1-5H3,(H2,23,24)/t16-/m1/s1. The molecule has 1 heterocycles. The van der Waals surface area contributed by atoms with E-state index in [0.29, 0.717) is 16.9 Å². The van der Waals surface area contributed by atoms with Crippen LogP contribution in [0.15, 0.2) is 23.6 Å². The lowest BCUT2D eigenvalue weighted by Gasteiger charge is -2.39. The van der Waals surface area contributed by atoms with Gasteiger partial charge in [0.15, 0.2) is 14.1 Å². The average molecular weight is 450 g/mol. The monoisotopic (exact) mass is 449 g/mol. The summed E-state index contributed by atoms with van der Waals surface area (Å²) in [5.41, 5.74) is 5.02. The van der Waals surface area contributed by atoms with Crippen LogP contribution in [0.4, 0.5) is 18.0 Å². The number of carbonyl (C=O) groups excluding carboxylic acids is 1. The van der Waals surface area contributed by atoms with Gasteiger partial charge in [-0.3, -0.25) is 0 Å². The van der Waals surface area contributed by atoms with Gasteiger partial charge in [-0.05, 0) is 36.3 Å². The van der Waals surface area contributed by atoms with Gasteiger partial charge in [0.2, 0.25) is 0 Å². The largest absolute Gasteiger partial charge is 0.493 e. The van der Waals surface area contributed by atoms with Crippen LogP contribution in [0.25, 0.3) is 10.1 Å². The maximum absolute atomic E-state index is 13.5. The van der Waals surface area contributed by atoms with E-state index in [2.05, 4.69) is 0 Å². The molecule has 2 aromatic rings. The molecular weight excluding hydrogens is 423 g/mol. The first-order chi connectivity index (χ1) is 13.2. The molecule has 10 heteroatoms. The van der Waals surface area contributed by atoms with Crippen molar-refractivity contribution < 1.29 is 31.9 Å². The van der Waals surface area contributed by atoms with Crippen molar-refractivity contribution in [1.82, 2.24) is 0 Å². The maximum Gasteiger partial charge on any atom is 0.413 e. The van der Waals surface area contributed by atoms with Gasteiger partial charge in [0.25, 0.3) is 0 Å². The molecule has 5 nitrogen and oxygen atoms in total. The van der Waals surface area contributed by atoms with E-state index in [0.717, 1.165) is 4.70 Å². The van der Waals surface area contributed by atoms with Gasteiger partial charge in [-0.1, -0.05) is 20.8 Å². The molecule has 0 saturated heterocycles. The van der Waals surface area contributed by atoms with Gasteiger partial charge >= 0.3 is 12.3 Å². The number of benzene rings is 1. The minimum Gasteiger partial charge on any atom is -0.493 e. The fourth-order valence-electron chi connectivity index (χ4n) is 2.37. The molecule has 0 unspecified atom stereocenters. The molecule has 1 aromatic carbocycles. The molecule has 1 atom stereocenters. The fraction of sp³-hybridized carbons (Fsp3) is 0.526. The van der Waals surface area contributed by atoms with Crippen LogP contribution in [0.5, 0.6) is 11.5 Å². The van der Waals surface area contributed by atoms with Crippen molar-refractivity contribution in [2.45, 2.75) is 57.6 Å². The molecule has 1 aromatic heterocycles. The highest BCUT2D eigenvalue weighted by molar-refractivity contribution is 7.17. The molecule has 162 valence electrons. The highest BCUT2D eigenvalue weighted by Crippen LogP contribution is 2.40. The first kappa shape index (κ1) is 23.5. The second-order valence-corrected chi connectivity index (χ2v) is 13.9. The number of fused-ring (bicyclic) bond motifs is 1. The van der Waals surface area contributed by atoms with E-state index in [4.69, 9.17) is 19.6 Å². The van der Waals surface area contributed by atoms with Crippen molar-refractivity contribution in [2.24, 2.45) is 5.73 Å². The molecular formula is C19H26F3NO4SSi. The maximum atomic E-state index is 13.5. The zero-order valence-electron chi connectivity index (χ0n) is 17.1. The number of alkyl halides is 3. The molecule has 0 saturated carbocycles. The summed E-state index contributed by atoms with van der Waals surface area (Å²) in [7, 11) is -2.58. The number of primary amides is 1. The summed E-state index contributed by atoms with van der Waals surface area (Å²) in [4.78, 5) is 10.9. The molecule has 2 N–H and O–H groups in total. The molecule has 0 bridgehead atoms. The van der Waals surface area contributed by atoms with Crippen molar-refractivity contribution in [3.05, 3.63) is 23.6 Å². The Morgan fingerprint density at radius 3 is 2.45 bits per heavy atom. The van der Waals surface area contributed by atoms with E-state index in [1.54, 1.807) is 36.7 Å². The topological polar surface area (TPSA) is 70.8 Å². The molecule has 0 aliphatic rings. The summed E-state index contributed by atoms with van der Waals surface area (Å²) in [6.07, 6.45) is -7.54. The van der Waals surface area contributed by atoms with Gasteiger partial charge < -0.3 is 19.6 Å². The number of thiophene rings is 1. The van der Waals surface area contributed by atoms with Crippen molar-refractivity contribution in [1.29, 1.82) is 0 Å². The minimum absolute atomic E-state index is 0.139. The number of amides is 1. The number of halogens is 3. The lowest BCUT2D eigenvalue weighted by molar-refractivity contribution is -0.201. The van der Waals surface area contributed by atoms with E-state index in [-0.39, 0.29) is 18.1 Å². The number of hydrogen-bond donors (Lipinski definition) is 1. The van der Waals surface area contributed by atoms with Crippen LogP contribution < -0.4 is 15.2 Å². The number of nitrogens with two attached hydrogens (primary N) is 1. The third-order valence-electron chi connectivity index (χ3n) is 4.98. The predicted molar refractivity (Wildman–Crippen MR) is 110 cm³/mol. The summed E-state index contributed by atoms with van der Waals surface area (Å²) in [6.45, 7) is 9.15. The Morgan fingerprint density at radius 2 is 1.90 bits per heavy atom. The van der Waals surface area contributed by atoms with Crippen molar-refractivity contribution >= 4 is 35.8 Å². The minimum atomic E-state index is -4.46. The Morgan fingerprint density at radius 1 is 1.24 bits per heavy atom. The Bertz CT molecular complexity index is 861. The number of rotatable bonds is 7. The van der Waals surface area contributed by atoms with Gasteiger partial charge in [0.05, 0.1) is 6.61 Å². The molecule has 1 amide bonds. The third-order valence-corrected chi connectivity index (χ3v) is 10.4. The van der Waals surface area contributed by atoms with Crippen LogP contribution >= 0.6 is 11.3 Å². The van der Waals surface area contributed by atoms with Crippen molar-refractivity contribution in [2.75, 3.05) is 6.61 Å². The highest BCUT2D eigenvalue weighted by atomic mass is 32.1. The number of carbonyl (C=O) groups is 1. The molecule has 0 fully saturated rings. The fourth-order valence-corrected chi connectivity index (χ4v) is 4.57. The van der Waals surface area contributed by atoms with Gasteiger partial charge in [0, 0.05) is 21.9 Å². The summed E-state index contributed by atoms with van der Waals surface area (Å²) in [6, 6.07) is 4.97. The lowest BCUT2D eigenvalue weighted by Crippen LogP contribution is -2.48. The number of hydrogen-bond acceptors (Lipinski definition) is 5. The second-order valence-electron chi connectivity index (χ2n) is 8.22. The first-order valence-corrected chi connectivity index (χ1v) is 12.9. The van der Waals surface area contributed by atoms with Crippen molar-refractivity contribution in [3.63, 3.8) is 0 Å². The Balaban J connectivity index is 2.04. The summed E-state index contributed by atoms with van der Waals surface area (Å²) >= 11 is 1.31. The van der Waals surface area contributed by atoms with Gasteiger partial charge in [-0.15, -0.1) is 11.3 Å². The molecule has 2 rings (SSSR count). The van der Waals surface area contributed by atoms with Crippen LogP contribution in [-0.2, 0) is 4.43 Å². The Labute approximate surface area is 173 Å². The SMILES string of the molecule is CC(C)(C)[Si](C)(C)O[C@H](CCOc1ccc2c(OC(N)=O)csc2c1)C(F)(F)F. The molecule has 0 aliphatic heterocycles. The molecule has 29 heavy (non-hydrogen) atoms. The van der Waals surface area contributed by atoms with E-state index in [9.17, 15) is 18.0 Å². The summed E-state index contributed by atoms with van der Waals surface area (Å²) < 4.78 is 57.2. The van der Waals surface area contributed by atoms with Crippen LogP contribution in [0.3, 0.4) is 0 Å². The normalized spacial score (nSPS) is 14.1. The van der Waals surface area contributed by atoms with Crippen LogP contribution in [0.2, 0.25) is 18.1 Å². The average Bonchev–Trinajstić information content (AvgIpc) is 2.93. The van der Waals surface area contributed by atoms with E-state index >= 15 is 0 Å². The first-order valence-electron chi connectivity index (χ1n) is 9.06. The second kappa shape index (κ2) is 8.53. The molecule has 0 aliphatic carbocycles. The summed E-state index contributed by atoms with van der Waals surface area (Å²) in [5.74, 6) is 0.766. The van der Waals surface area contributed by atoms with E-state index in [1.807, 2.05) is 20.8 Å². The smallest absolute Gasteiger partial charge is 0.413 e. The molecule has 0 radical (unpaired) electrons. The Kier molecular flexibility index (Phi) is 6.91. The Hall–Kier alpha value is -1.78. The van der Waals surface area contributed by atoms with Gasteiger partial charge in [-0.25, -0.2) is 4.79 Å². The third kappa shape index (κ3) is 6.10. The van der Waals surface area contributed by atoms with Crippen LogP contribution in [0.1, 0.15) is 27.2 Å². The number of ether oxygens (including phenoxy) is 2. The zero-order valence-corrected chi connectivity index (χ0v) is 18.9. The van der Waals surface area contributed by atoms with Crippen molar-refractivity contribution in [3.8, 4) is 11.5 Å². The van der Waals surface area contributed by atoms with E-state index < -0.39 is 26.7 Å². The lowest BCUT2D eigenvalue weighted by atomic mass is 10.2. The van der Waals surface area contributed by atoms with Gasteiger partial charge in [-0.2, -0.15) is 13.2 Å². The van der Waals surface area contributed by atoms with Crippen LogP contribution in [0, 0.1) is 0 Å². The quantitative estimate of drug-likeness (QED) is 0.520.